The van der Waals surface area contributed by atoms with Gasteiger partial charge in [0.25, 0.3) is 0 Å². The molecule has 3 N–H and O–H groups in total. The summed E-state index contributed by atoms with van der Waals surface area (Å²) in [6, 6.07) is 13.8. The van der Waals surface area contributed by atoms with Gasteiger partial charge in [-0.1, -0.05) is 68.3 Å². The normalized spacial score (nSPS) is 22.4. The van der Waals surface area contributed by atoms with Crippen molar-refractivity contribution in [3.63, 3.8) is 0 Å². The van der Waals surface area contributed by atoms with Gasteiger partial charge in [-0.25, -0.2) is 4.39 Å². The number of imide groups is 1. The number of benzene rings is 2. The molecule has 0 unspecified atom stereocenters. The second kappa shape index (κ2) is 12.7. The van der Waals surface area contributed by atoms with Crippen LogP contribution in [-0.2, 0) is 9.59 Å². The standard InChI is InChI=1S/C32H38FNO5/c1-3-8-23-18-24-30(32(39)34(15-4-2)31(24)38)25(19-35)29(23)28(37)14-12-22(21-9-6-5-7-10-21)16-20-11-13-27(36)26(33)17-20/h5-7,9-11,13,16-17,24-25,28,30,35-37H,3-4,8,12,14-15,18-19H2,1-2H3/b22-16-/t24-,25+,28-,30-/m1/s1. The number of phenols is 1. The van der Waals surface area contributed by atoms with Crippen LogP contribution in [0, 0.1) is 23.6 Å². The molecule has 0 radical (unpaired) electrons. The number of hydrogen-bond donors (Lipinski definition) is 3. The molecule has 6 nitrogen and oxygen atoms in total. The lowest BCUT2D eigenvalue weighted by atomic mass is 9.67. The number of carbonyl (C=O) groups excluding carboxylic acids is 2. The van der Waals surface area contributed by atoms with Gasteiger partial charge in [-0.2, -0.15) is 0 Å². The van der Waals surface area contributed by atoms with Crippen LogP contribution in [0.5, 0.6) is 5.75 Å². The molecule has 4 rings (SSSR count). The van der Waals surface area contributed by atoms with Gasteiger partial charge in [0.2, 0.25) is 11.8 Å². The van der Waals surface area contributed by atoms with E-state index in [0.717, 1.165) is 23.1 Å². The highest BCUT2D eigenvalue weighted by Gasteiger charge is 2.54. The molecule has 0 saturated carbocycles. The number of aliphatic hydroxyl groups is 2. The van der Waals surface area contributed by atoms with E-state index in [4.69, 9.17) is 0 Å². The molecular formula is C32H38FNO5. The minimum atomic E-state index is -0.906. The fourth-order valence-corrected chi connectivity index (χ4v) is 6.22. The maximum Gasteiger partial charge on any atom is 0.233 e. The molecular weight excluding hydrogens is 497 g/mol. The van der Waals surface area contributed by atoms with Gasteiger partial charge >= 0.3 is 0 Å². The number of aromatic hydroxyl groups is 1. The van der Waals surface area contributed by atoms with E-state index in [1.54, 1.807) is 6.07 Å². The van der Waals surface area contributed by atoms with E-state index in [9.17, 15) is 29.3 Å². The number of aliphatic hydroxyl groups excluding tert-OH is 2. The van der Waals surface area contributed by atoms with E-state index in [0.29, 0.717) is 49.8 Å². The van der Waals surface area contributed by atoms with Crippen molar-refractivity contribution in [2.75, 3.05) is 13.2 Å². The van der Waals surface area contributed by atoms with E-state index in [-0.39, 0.29) is 18.4 Å². The Hall–Kier alpha value is -3.29. The third-order valence-electron chi connectivity index (χ3n) is 7.97. The van der Waals surface area contributed by atoms with Crippen LogP contribution in [0.15, 0.2) is 59.7 Å². The number of carbonyl (C=O) groups is 2. The van der Waals surface area contributed by atoms with Gasteiger partial charge in [-0.05, 0) is 66.5 Å². The number of allylic oxidation sites excluding steroid dienone is 2. The number of nitrogens with zero attached hydrogens (tertiary/aromatic N) is 1. The number of hydrogen-bond acceptors (Lipinski definition) is 5. The Morgan fingerprint density at radius 2 is 1.85 bits per heavy atom. The Kier molecular flexibility index (Phi) is 9.36. The summed E-state index contributed by atoms with van der Waals surface area (Å²) >= 11 is 0. The summed E-state index contributed by atoms with van der Waals surface area (Å²) in [5, 5.41) is 31.6. The Bertz CT molecular complexity index is 1250. The van der Waals surface area contributed by atoms with Crippen LogP contribution in [0.3, 0.4) is 0 Å². The van der Waals surface area contributed by atoms with Crippen molar-refractivity contribution in [2.24, 2.45) is 17.8 Å². The zero-order valence-corrected chi connectivity index (χ0v) is 22.6. The Morgan fingerprint density at radius 3 is 2.49 bits per heavy atom. The van der Waals surface area contributed by atoms with Gasteiger partial charge < -0.3 is 15.3 Å². The first-order valence-corrected chi connectivity index (χ1v) is 13.9. The number of rotatable bonds is 11. The minimum Gasteiger partial charge on any atom is -0.505 e. The Labute approximate surface area is 229 Å². The molecule has 208 valence electrons. The van der Waals surface area contributed by atoms with Gasteiger partial charge in [0.15, 0.2) is 11.6 Å². The van der Waals surface area contributed by atoms with Crippen molar-refractivity contribution in [3.05, 3.63) is 76.6 Å². The summed E-state index contributed by atoms with van der Waals surface area (Å²) < 4.78 is 14.0. The van der Waals surface area contributed by atoms with Gasteiger partial charge in [0.1, 0.15) is 0 Å². The predicted octanol–water partition coefficient (Wildman–Crippen LogP) is 5.33. The van der Waals surface area contributed by atoms with Crippen molar-refractivity contribution in [1.82, 2.24) is 4.90 Å². The van der Waals surface area contributed by atoms with Crippen molar-refractivity contribution >= 4 is 23.5 Å². The van der Waals surface area contributed by atoms with E-state index >= 15 is 0 Å². The monoisotopic (exact) mass is 535 g/mol. The van der Waals surface area contributed by atoms with Crippen LogP contribution in [0.2, 0.25) is 0 Å². The molecule has 1 aliphatic carbocycles. The average molecular weight is 536 g/mol. The molecule has 2 aromatic carbocycles. The molecule has 2 amide bonds. The largest absolute Gasteiger partial charge is 0.505 e. The first-order valence-electron chi connectivity index (χ1n) is 13.9. The fourth-order valence-electron chi connectivity index (χ4n) is 6.22. The smallest absolute Gasteiger partial charge is 0.233 e. The fraction of sp³-hybridized carbons (Fsp3) is 0.438. The highest BCUT2D eigenvalue weighted by Crippen LogP contribution is 2.47. The van der Waals surface area contributed by atoms with Crippen LogP contribution in [0.25, 0.3) is 11.6 Å². The lowest BCUT2D eigenvalue weighted by molar-refractivity contribution is -0.140. The Balaban J connectivity index is 1.64. The second-order valence-corrected chi connectivity index (χ2v) is 10.6. The molecule has 7 heteroatoms. The summed E-state index contributed by atoms with van der Waals surface area (Å²) in [4.78, 5) is 27.7. The maximum absolute atomic E-state index is 14.0. The summed E-state index contributed by atoms with van der Waals surface area (Å²) in [5.74, 6) is -3.27. The van der Waals surface area contributed by atoms with Crippen molar-refractivity contribution in [1.29, 1.82) is 0 Å². The van der Waals surface area contributed by atoms with Gasteiger partial charge in [-0.15, -0.1) is 0 Å². The number of fused-ring (bicyclic) bond motifs is 1. The highest BCUT2D eigenvalue weighted by atomic mass is 19.1. The SMILES string of the molecule is CCCC1=C([C@H](O)CC/C(=C/c2ccc(O)c(F)c2)c2ccccc2)[C@H](CO)[C@@H]2C(=O)N(CCC)C(=O)[C@@H]2C1. The molecule has 4 atom stereocenters. The van der Waals surface area contributed by atoms with E-state index in [2.05, 4.69) is 0 Å². The molecule has 1 fully saturated rings. The number of halogens is 1. The molecule has 2 aliphatic rings. The first kappa shape index (κ1) is 28.7. The molecule has 1 saturated heterocycles. The summed E-state index contributed by atoms with van der Waals surface area (Å²) in [5.41, 5.74) is 4.06. The van der Waals surface area contributed by atoms with Crippen molar-refractivity contribution < 1.29 is 29.3 Å². The van der Waals surface area contributed by atoms with Gasteiger partial charge in [0.05, 0.1) is 24.5 Å². The third-order valence-corrected chi connectivity index (χ3v) is 7.97. The summed E-state index contributed by atoms with van der Waals surface area (Å²) in [6.07, 6.45) is 4.34. The van der Waals surface area contributed by atoms with E-state index in [1.165, 1.54) is 17.0 Å². The maximum atomic E-state index is 14.0. The van der Waals surface area contributed by atoms with E-state index in [1.807, 2.05) is 50.3 Å². The molecule has 0 bridgehead atoms. The van der Waals surface area contributed by atoms with Crippen LogP contribution in [-0.4, -0.2) is 51.3 Å². The number of amides is 2. The van der Waals surface area contributed by atoms with E-state index < -0.39 is 35.4 Å². The van der Waals surface area contributed by atoms with Crippen molar-refractivity contribution in [2.45, 2.75) is 58.5 Å². The molecule has 2 aromatic rings. The van der Waals surface area contributed by atoms with Crippen LogP contribution in [0.1, 0.15) is 63.5 Å². The minimum absolute atomic E-state index is 0.164. The lowest BCUT2D eigenvalue weighted by Gasteiger charge is -2.36. The quantitative estimate of drug-likeness (QED) is 0.205. The molecule has 1 heterocycles. The van der Waals surface area contributed by atoms with Crippen molar-refractivity contribution in [3.8, 4) is 5.75 Å². The summed E-state index contributed by atoms with van der Waals surface area (Å²) in [7, 11) is 0. The zero-order chi connectivity index (χ0) is 28.1. The topological polar surface area (TPSA) is 98.1 Å². The van der Waals surface area contributed by atoms with Gasteiger partial charge in [-0.3, -0.25) is 14.5 Å². The summed E-state index contributed by atoms with van der Waals surface area (Å²) in [6.45, 7) is 4.02. The Morgan fingerprint density at radius 1 is 1.10 bits per heavy atom. The second-order valence-electron chi connectivity index (χ2n) is 10.6. The zero-order valence-electron chi connectivity index (χ0n) is 22.6. The van der Waals surface area contributed by atoms with Crippen LogP contribution < -0.4 is 0 Å². The number of phenolic OH excluding ortho intramolecular Hbond substituents is 1. The van der Waals surface area contributed by atoms with Crippen LogP contribution in [0.4, 0.5) is 4.39 Å². The molecule has 0 aromatic heterocycles. The number of likely N-dealkylation sites (tertiary alicyclic amines) is 1. The molecule has 0 spiro atoms. The average Bonchev–Trinajstić information content (AvgIpc) is 3.17. The van der Waals surface area contributed by atoms with Crippen LogP contribution >= 0.6 is 0 Å². The highest BCUT2D eigenvalue weighted by molar-refractivity contribution is 6.05. The molecule has 1 aliphatic heterocycles. The first-order chi connectivity index (χ1) is 18.8. The third kappa shape index (κ3) is 5.99. The molecule has 39 heavy (non-hydrogen) atoms. The lowest BCUT2D eigenvalue weighted by Crippen LogP contribution is -2.39. The predicted molar refractivity (Wildman–Crippen MR) is 149 cm³/mol. The van der Waals surface area contributed by atoms with Gasteiger partial charge in [0, 0.05) is 12.5 Å².